The first kappa shape index (κ1) is 15.0. The van der Waals surface area contributed by atoms with E-state index in [0.29, 0.717) is 22.6 Å². The zero-order chi connectivity index (χ0) is 13.7. The minimum Gasteiger partial charge on any atom is -0.338 e. The van der Waals surface area contributed by atoms with Crippen molar-refractivity contribution in [3.63, 3.8) is 0 Å². The van der Waals surface area contributed by atoms with Crippen molar-refractivity contribution in [2.45, 2.75) is 27.7 Å². The van der Waals surface area contributed by atoms with Gasteiger partial charge in [0.2, 0.25) is 0 Å². The summed E-state index contributed by atoms with van der Waals surface area (Å²) in [5, 5.41) is 0.408. The molecule has 0 aliphatic rings. The van der Waals surface area contributed by atoms with Gasteiger partial charge in [0.25, 0.3) is 5.91 Å². The molecule has 1 aromatic heterocycles. The Balaban J connectivity index is 2.83. The number of amides is 1. The molecule has 1 amide bonds. The van der Waals surface area contributed by atoms with Gasteiger partial charge in [0.1, 0.15) is 5.15 Å². The standard InChI is InChI=1S/C14H21ClN2O/c1-10(2)8-17(9-11(3)4)14(18)12-5-6-13(15)16-7-12/h5-7,10-11H,8-9H2,1-4H3. The summed E-state index contributed by atoms with van der Waals surface area (Å²) in [5.41, 5.74) is 0.598. The fourth-order valence-electron chi connectivity index (χ4n) is 1.81. The third kappa shape index (κ3) is 4.65. The van der Waals surface area contributed by atoms with E-state index in [9.17, 15) is 4.79 Å². The molecule has 0 unspecified atom stereocenters. The Bertz CT molecular complexity index is 377. The van der Waals surface area contributed by atoms with Crippen molar-refractivity contribution in [2.24, 2.45) is 11.8 Å². The SMILES string of the molecule is CC(C)CN(CC(C)C)C(=O)c1ccc(Cl)nc1. The van der Waals surface area contributed by atoms with Crippen molar-refractivity contribution in [3.05, 3.63) is 29.0 Å². The Kier molecular flexibility index (Phi) is 5.60. The second-order valence-electron chi connectivity index (χ2n) is 5.37. The van der Waals surface area contributed by atoms with Crippen molar-refractivity contribution in [2.75, 3.05) is 13.1 Å². The van der Waals surface area contributed by atoms with Crippen LogP contribution in [0.3, 0.4) is 0 Å². The zero-order valence-corrected chi connectivity index (χ0v) is 12.2. The van der Waals surface area contributed by atoms with Gasteiger partial charge < -0.3 is 4.90 Å². The van der Waals surface area contributed by atoms with Crippen LogP contribution >= 0.6 is 11.6 Å². The van der Waals surface area contributed by atoms with Gasteiger partial charge in [-0.1, -0.05) is 39.3 Å². The molecule has 0 bridgehead atoms. The lowest BCUT2D eigenvalue weighted by molar-refractivity contribution is 0.0714. The highest BCUT2D eigenvalue weighted by Crippen LogP contribution is 2.11. The van der Waals surface area contributed by atoms with Crippen LogP contribution in [-0.4, -0.2) is 28.9 Å². The van der Waals surface area contributed by atoms with Crippen molar-refractivity contribution >= 4 is 17.5 Å². The molecule has 0 aliphatic heterocycles. The molecule has 0 saturated carbocycles. The van der Waals surface area contributed by atoms with E-state index in [2.05, 4.69) is 32.7 Å². The van der Waals surface area contributed by atoms with Crippen molar-refractivity contribution in [1.29, 1.82) is 0 Å². The summed E-state index contributed by atoms with van der Waals surface area (Å²) in [4.78, 5) is 18.2. The lowest BCUT2D eigenvalue weighted by atomic mass is 10.1. The summed E-state index contributed by atoms with van der Waals surface area (Å²) in [6.07, 6.45) is 1.54. The lowest BCUT2D eigenvalue weighted by Crippen LogP contribution is -2.37. The molecule has 0 radical (unpaired) electrons. The summed E-state index contributed by atoms with van der Waals surface area (Å²) in [5.74, 6) is 0.933. The molecule has 0 fully saturated rings. The average Bonchev–Trinajstić information content (AvgIpc) is 2.27. The van der Waals surface area contributed by atoms with Crippen LogP contribution < -0.4 is 0 Å². The number of nitrogens with zero attached hydrogens (tertiary/aromatic N) is 2. The monoisotopic (exact) mass is 268 g/mol. The minimum atomic E-state index is 0.0292. The fraction of sp³-hybridized carbons (Fsp3) is 0.571. The number of pyridine rings is 1. The lowest BCUT2D eigenvalue weighted by Gasteiger charge is -2.26. The number of carbonyl (C=O) groups excluding carboxylic acids is 1. The highest BCUT2D eigenvalue weighted by molar-refractivity contribution is 6.29. The zero-order valence-electron chi connectivity index (χ0n) is 11.5. The van der Waals surface area contributed by atoms with Crippen molar-refractivity contribution < 1.29 is 4.79 Å². The molecule has 0 atom stereocenters. The van der Waals surface area contributed by atoms with Gasteiger partial charge >= 0.3 is 0 Å². The molecule has 3 nitrogen and oxygen atoms in total. The van der Waals surface area contributed by atoms with Crippen LogP contribution in [0.4, 0.5) is 0 Å². The van der Waals surface area contributed by atoms with Crippen LogP contribution in [0.15, 0.2) is 18.3 Å². The number of aromatic nitrogens is 1. The topological polar surface area (TPSA) is 33.2 Å². The first-order chi connectivity index (χ1) is 8.40. The van der Waals surface area contributed by atoms with E-state index in [-0.39, 0.29) is 5.91 Å². The van der Waals surface area contributed by atoms with Crippen molar-refractivity contribution in [3.8, 4) is 0 Å². The van der Waals surface area contributed by atoms with Crippen LogP contribution in [0.5, 0.6) is 0 Å². The van der Waals surface area contributed by atoms with Gasteiger partial charge in [0, 0.05) is 19.3 Å². The first-order valence-electron chi connectivity index (χ1n) is 6.31. The predicted molar refractivity (Wildman–Crippen MR) is 74.8 cm³/mol. The summed E-state index contributed by atoms with van der Waals surface area (Å²) >= 11 is 5.73. The first-order valence-corrected chi connectivity index (χ1v) is 6.68. The van der Waals surface area contributed by atoms with Crippen LogP contribution in [0, 0.1) is 11.8 Å². The van der Waals surface area contributed by atoms with Gasteiger partial charge in [-0.3, -0.25) is 4.79 Å². The molecule has 0 spiro atoms. The number of halogens is 1. The maximum Gasteiger partial charge on any atom is 0.255 e. The van der Waals surface area contributed by atoms with Crippen molar-refractivity contribution in [1.82, 2.24) is 9.88 Å². The van der Waals surface area contributed by atoms with Gasteiger partial charge in [-0.2, -0.15) is 0 Å². The Morgan fingerprint density at radius 1 is 1.22 bits per heavy atom. The molecule has 0 aliphatic carbocycles. The van der Waals surface area contributed by atoms with Gasteiger partial charge in [-0.15, -0.1) is 0 Å². The van der Waals surface area contributed by atoms with Gasteiger partial charge in [-0.25, -0.2) is 4.98 Å². The van der Waals surface area contributed by atoms with E-state index in [1.54, 1.807) is 18.3 Å². The number of rotatable bonds is 5. The molecule has 1 rings (SSSR count). The largest absolute Gasteiger partial charge is 0.338 e. The molecule has 4 heteroatoms. The van der Waals surface area contributed by atoms with Gasteiger partial charge in [0.05, 0.1) is 5.56 Å². The third-order valence-corrected chi connectivity index (χ3v) is 2.66. The Morgan fingerprint density at radius 3 is 2.17 bits per heavy atom. The quantitative estimate of drug-likeness (QED) is 0.766. The average molecular weight is 269 g/mol. The Labute approximate surface area is 114 Å². The minimum absolute atomic E-state index is 0.0292. The summed E-state index contributed by atoms with van der Waals surface area (Å²) in [6, 6.07) is 3.38. The summed E-state index contributed by atoms with van der Waals surface area (Å²) < 4.78 is 0. The molecule has 0 N–H and O–H groups in total. The molecule has 1 heterocycles. The molecular weight excluding hydrogens is 248 g/mol. The molecular formula is C14H21ClN2O. The molecule has 18 heavy (non-hydrogen) atoms. The van der Waals surface area contributed by atoms with Crippen LogP contribution in [-0.2, 0) is 0 Å². The molecule has 0 aromatic carbocycles. The maximum absolute atomic E-state index is 12.4. The maximum atomic E-state index is 12.4. The summed E-state index contributed by atoms with van der Waals surface area (Å²) in [6.45, 7) is 9.97. The molecule has 1 aromatic rings. The van der Waals surface area contributed by atoms with E-state index >= 15 is 0 Å². The molecule has 100 valence electrons. The van der Waals surface area contributed by atoms with Crippen LogP contribution in [0.1, 0.15) is 38.1 Å². The Morgan fingerprint density at radius 2 is 1.78 bits per heavy atom. The van der Waals surface area contributed by atoms with E-state index < -0.39 is 0 Å². The summed E-state index contributed by atoms with van der Waals surface area (Å²) in [7, 11) is 0. The number of hydrogen-bond donors (Lipinski definition) is 0. The highest BCUT2D eigenvalue weighted by atomic mass is 35.5. The van der Waals surface area contributed by atoms with E-state index in [1.165, 1.54) is 0 Å². The van der Waals surface area contributed by atoms with E-state index in [0.717, 1.165) is 13.1 Å². The van der Waals surface area contributed by atoms with E-state index in [4.69, 9.17) is 11.6 Å². The van der Waals surface area contributed by atoms with E-state index in [1.807, 2.05) is 4.90 Å². The third-order valence-electron chi connectivity index (χ3n) is 2.43. The fourth-order valence-corrected chi connectivity index (χ4v) is 1.92. The molecule has 0 saturated heterocycles. The second kappa shape index (κ2) is 6.74. The second-order valence-corrected chi connectivity index (χ2v) is 5.75. The van der Waals surface area contributed by atoms with Crippen LogP contribution in [0.25, 0.3) is 0 Å². The van der Waals surface area contributed by atoms with Crippen LogP contribution in [0.2, 0.25) is 5.15 Å². The van der Waals surface area contributed by atoms with Gasteiger partial charge in [0.15, 0.2) is 0 Å². The Hall–Kier alpha value is -1.09. The highest BCUT2D eigenvalue weighted by Gasteiger charge is 2.18. The normalized spacial score (nSPS) is 11.1. The van der Waals surface area contributed by atoms with Gasteiger partial charge in [-0.05, 0) is 24.0 Å². The number of hydrogen-bond acceptors (Lipinski definition) is 2. The number of carbonyl (C=O) groups is 1. The smallest absolute Gasteiger partial charge is 0.255 e. The predicted octanol–water partition coefficient (Wildman–Crippen LogP) is 3.49.